The number of rotatable bonds is 45. The second kappa shape index (κ2) is 44.1. The van der Waals surface area contributed by atoms with Gasteiger partial charge in [0, 0.05) is 19.4 Å². The van der Waals surface area contributed by atoms with Crippen LogP contribution in [0.4, 0.5) is 0 Å². The number of amides is 1. The maximum Gasteiger partial charge on any atom is 0.472 e. The van der Waals surface area contributed by atoms with E-state index in [1.807, 2.05) is 0 Å². The lowest BCUT2D eigenvalue weighted by atomic mass is 10.0. The van der Waals surface area contributed by atoms with Crippen molar-refractivity contribution in [2.24, 2.45) is 0 Å². The molecule has 10 heteroatoms. The summed E-state index contributed by atoms with van der Waals surface area (Å²) < 4.78 is 26.9. The van der Waals surface area contributed by atoms with Crippen LogP contribution in [-0.2, 0) is 27.9 Å². The van der Waals surface area contributed by atoms with Crippen LogP contribution >= 0.6 is 7.82 Å². The molecule has 0 bridgehead atoms. The molecule has 0 rings (SSSR count). The zero-order chi connectivity index (χ0) is 41.8. The fourth-order valence-corrected chi connectivity index (χ4v) is 7.52. The number of allylic oxidation sites excluding steroid dienone is 4. The summed E-state index contributed by atoms with van der Waals surface area (Å²) in [6, 6.07) is 0. The third-order valence-electron chi connectivity index (χ3n) is 10.4. The molecule has 0 aliphatic rings. The Morgan fingerprint density at radius 3 is 1.44 bits per heavy atom. The van der Waals surface area contributed by atoms with Crippen molar-refractivity contribution < 1.29 is 37.9 Å². The highest BCUT2D eigenvalue weighted by Crippen LogP contribution is 2.42. The molecule has 0 aliphatic heterocycles. The number of nitrogens with one attached hydrogen (secondary N) is 1. The molecule has 0 heterocycles. The Morgan fingerprint density at radius 2 is 0.947 bits per heavy atom. The minimum Gasteiger partial charge on any atom is -0.463 e. The van der Waals surface area contributed by atoms with Crippen LogP contribution in [0.15, 0.2) is 24.3 Å². The molecule has 0 aromatic heterocycles. The molecule has 336 valence electrons. The van der Waals surface area contributed by atoms with E-state index in [0.717, 1.165) is 44.9 Å². The van der Waals surface area contributed by atoms with Crippen LogP contribution < -0.4 is 5.32 Å². The van der Waals surface area contributed by atoms with Gasteiger partial charge in [0.2, 0.25) is 5.91 Å². The van der Waals surface area contributed by atoms with E-state index in [-0.39, 0.29) is 32.1 Å². The number of carbonyl (C=O) groups excluding carboxylic acids is 2. The number of aliphatic hydroxyl groups is 1. The highest BCUT2D eigenvalue weighted by atomic mass is 31.2. The van der Waals surface area contributed by atoms with Gasteiger partial charge in [-0.3, -0.25) is 18.6 Å². The number of unbranched alkanes of at least 4 members (excludes halogenated alkanes) is 28. The van der Waals surface area contributed by atoms with E-state index < -0.39 is 26.5 Å². The average molecular weight is 828 g/mol. The van der Waals surface area contributed by atoms with Gasteiger partial charge in [-0.05, 0) is 44.9 Å². The Morgan fingerprint density at radius 1 is 0.544 bits per heavy atom. The summed E-state index contributed by atoms with van der Waals surface area (Å²) in [6.45, 7) is 3.56. The highest BCUT2D eigenvalue weighted by molar-refractivity contribution is 7.47. The first-order valence-electron chi connectivity index (χ1n) is 23.8. The van der Waals surface area contributed by atoms with Gasteiger partial charge in [0.1, 0.15) is 12.7 Å². The molecule has 0 aliphatic carbocycles. The van der Waals surface area contributed by atoms with Crippen LogP contribution in [0.3, 0.4) is 0 Å². The van der Waals surface area contributed by atoms with Gasteiger partial charge in [0.25, 0.3) is 0 Å². The van der Waals surface area contributed by atoms with Gasteiger partial charge < -0.3 is 20.1 Å². The van der Waals surface area contributed by atoms with E-state index in [0.29, 0.717) is 6.42 Å². The lowest BCUT2D eigenvalue weighted by Crippen LogP contribution is -2.27. The minimum atomic E-state index is -4.41. The molecule has 0 aromatic rings. The van der Waals surface area contributed by atoms with Crippen molar-refractivity contribution >= 4 is 19.7 Å². The van der Waals surface area contributed by atoms with Crippen LogP contribution in [-0.4, -0.2) is 54.3 Å². The number of hydrogen-bond donors (Lipinski definition) is 3. The lowest BCUT2D eigenvalue weighted by Gasteiger charge is -2.15. The number of esters is 1. The quantitative estimate of drug-likeness (QED) is 0.0239. The van der Waals surface area contributed by atoms with Gasteiger partial charge in [-0.25, -0.2) is 4.57 Å². The maximum absolute atomic E-state index is 12.1. The van der Waals surface area contributed by atoms with Crippen molar-refractivity contribution in [3.05, 3.63) is 24.3 Å². The number of carbonyl (C=O) groups is 2. The monoisotopic (exact) mass is 828 g/mol. The van der Waals surface area contributed by atoms with E-state index in [2.05, 4.69) is 43.5 Å². The van der Waals surface area contributed by atoms with Crippen molar-refractivity contribution in [2.75, 3.05) is 26.4 Å². The summed E-state index contributed by atoms with van der Waals surface area (Å²) in [7, 11) is -4.41. The van der Waals surface area contributed by atoms with E-state index in [1.165, 1.54) is 161 Å². The molecular formula is C47H90NO8P. The summed E-state index contributed by atoms with van der Waals surface area (Å²) in [5.74, 6) is -0.509. The zero-order valence-electron chi connectivity index (χ0n) is 37.0. The number of phosphoric ester groups is 1. The molecule has 57 heavy (non-hydrogen) atoms. The first kappa shape index (κ1) is 55.5. The van der Waals surface area contributed by atoms with E-state index in [1.54, 1.807) is 0 Å². The third-order valence-corrected chi connectivity index (χ3v) is 11.4. The number of ether oxygens (including phenoxy) is 1. The molecule has 0 saturated heterocycles. The fourth-order valence-electron chi connectivity index (χ4n) is 6.77. The Kier molecular flexibility index (Phi) is 42.9. The smallest absolute Gasteiger partial charge is 0.463 e. The van der Waals surface area contributed by atoms with Gasteiger partial charge in [0.15, 0.2) is 0 Å². The highest BCUT2D eigenvalue weighted by Gasteiger charge is 2.23. The predicted molar refractivity (Wildman–Crippen MR) is 238 cm³/mol. The van der Waals surface area contributed by atoms with E-state index in [9.17, 15) is 24.2 Å². The normalized spacial score (nSPS) is 13.4. The maximum atomic E-state index is 12.1. The molecule has 3 N–H and O–H groups in total. The second-order valence-corrected chi connectivity index (χ2v) is 17.5. The van der Waals surface area contributed by atoms with Crippen LogP contribution in [0.5, 0.6) is 0 Å². The zero-order valence-corrected chi connectivity index (χ0v) is 37.9. The van der Waals surface area contributed by atoms with Crippen molar-refractivity contribution in [3.63, 3.8) is 0 Å². The lowest BCUT2D eigenvalue weighted by molar-refractivity contribution is -0.147. The summed E-state index contributed by atoms with van der Waals surface area (Å²) >= 11 is 0. The Hall–Kier alpha value is -1.51. The second-order valence-electron chi connectivity index (χ2n) is 16.1. The molecule has 0 aromatic carbocycles. The summed E-state index contributed by atoms with van der Waals surface area (Å²) in [5.41, 5.74) is 0. The molecule has 9 nitrogen and oxygen atoms in total. The van der Waals surface area contributed by atoms with Gasteiger partial charge in [-0.15, -0.1) is 0 Å². The van der Waals surface area contributed by atoms with Crippen molar-refractivity contribution in [3.8, 4) is 0 Å². The largest absolute Gasteiger partial charge is 0.472 e. The van der Waals surface area contributed by atoms with Gasteiger partial charge in [-0.2, -0.15) is 0 Å². The van der Waals surface area contributed by atoms with E-state index >= 15 is 0 Å². The van der Waals surface area contributed by atoms with Crippen molar-refractivity contribution in [2.45, 2.75) is 238 Å². The molecule has 2 atom stereocenters. The first-order chi connectivity index (χ1) is 27.8. The molecule has 0 fully saturated rings. The number of aliphatic hydroxyl groups excluding tert-OH is 1. The number of phosphoric acid groups is 1. The third kappa shape index (κ3) is 45.4. The molecule has 2 unspecified atom stereocenters. The summed E-state index contributed by atoms with van der Waals surface area (Å²) in [4.78, 5) is 33.9. The van der Waals surface area contributed by atoms with Crippen LogP contribution in [0.25, 0.3) is 0 Å². The standard InChI is InChI=1S/C47H90NO8P/c1-3-5-7-9-11-13-15-17-18-19-20-21-22-23-24-25-26-28-30-32-34-36-38-40-47(51)54-43-45(49)44-56-57(52,53)55-42-41-48-46(50)39-37-35-33-31-29-27-16-14-12-10-8-6-4-2/h11,13,17-18,45,49H,3-10,12,14-16,19-44H2,1-2H3,(H,48,50)(H,52,53)/b13-11-,18-17-. The molecule has 0 spiro atoms. The topological polar surface area (TPSA) is 131 Å². The summed E-state index contributed by atoms with van der Waals surface area (Å²) in [6.07, 6.45) is 48.3. The molecular weight excluding hydrogens is 737 g/mol. The Balaban J connectivity index is 3.54. The first-order valence-corrected chi connectivity index (χ1v) is 25.3. The van der Waals surface area contributed by atoms with Crippen molar-refractivity contribution in [1.82, 2.24) is 5.32 Å². The Bertz CT molecular complexity index is 990. The molecule has 1 amide bonds. The van der Waals surface area contributed by atoms with Crippen LogP contribution in [0.1, 0.15) is 232 Å². The average Bonchev–Trinajstić information content (AvgIpc) is 3.20. The van der Waals surface area contributed by atoms with E-state index in [4.69, 9.17) is 13.8 Å². The fraction of sp³-hybridized carbons (Fsp3) is 0.872. The Labute approximate surface area is 350 Å². The van der Waals surface area contributed by atoms with Crippen molar-refractivity contribution in [1.29, 1.82) is 0 Å². The summed E-state index contributed by atoms with van der Waals surface area (Å²) in [5, 5.41) is 12.7. The van der Waals surface area contributed by atoms with Crippen LogP contribution in [0, 0.1) is 0 Å². The SMILES string of the molecule is CCCCC/C=C\C/C=C\CCCCCCCCCCCCCCCC(=O)OCC(O)COP(=O)(O)OCCNC(=O)CCCCCCCCCCCCCCC. The van der Waals surface area contributed by atoms with Crippen LogP contribution in [0.2, 0.25) is 0 Å². The minimum absolute atomic E-state index is 0.0857. The molecule has 0 radical (unpaired) electrons. The van der Waals surface area contributed by atoms with Gasteiger partial charge in [0.05, 0.1) is 13.2 Å². The molecule has 0 saturated carbocycles. The van der Waals surface area contributed by atoms with Gasteiger partial charge >= 0.3 is 13.8 Å². The number of hydrogen-bond acceptors (Lipinski definition) is 7. The van der Waals surface area contributed by atoms with Gasteiger partial charge in [-0.1, -0.05) is 199 Å². The predicted octanol–water partition coefficient (Wildman–Crippen LogP) is 13.6.